The predicted molar refractivity (Wildman–Crippen MR) is 70.7 cm³/mol. The van der Waals surface area contributed by atoms with Crippen molar-refractivity contribution in [1.29, 1.82) is 0 Å². The van der Waals surface area contributed by atoms with E-state index in [0.29, 0.717) is 16.9 Å². The fourth-order valence-corrected chi connectivity index (χ4v) is 1.95. The quantitative estimate of drug-likeness (QED) is 0.884. The van der Waals surface area contributed by atoms with Crippen molar-refractivity contribution >= 4 is 5.97 Å². The smallest absolute Gasteiger partial charge is 0.341 e. The lowest BCUT2D eigenvalue weighted by molar-refractivity contribution is 0.0696. The second-order valence-electron chi connectivity index (χ2n) is 4.10. The van der Waals surface area contributed by atoms with Gasteiger partial charge in [-0.25, -0.2) is 4.79 Å². The maximum absolute atomic E-state index is 11.7. The number of carboxylic acids is 1. The number of methoxy groups -OCH3 is 1. The van der Waals surface area contributed by atoms with E-state index in [1.807, 2.05) is 13.0 Å². The molecule has 98 valence electrons. The van der Waals surface area contributed by atoms with Gasteiger partial charge >= 0.3 is 5.97 Å². The van der Waals surface area contributed by atoms with Crippen LogP contribution in [0.1, 0.15) is 15.9 Å². The summed E-state index contributed by atoms with van der Waals surface area (Å²) in [6.07, 6.45) is 1.42. The summed E-state index contributed by atoms with van der Waals surface area (Å²) < 4.78 is 5.22. The SMILES string of the molecule is COc1ccc(C)cc1-c1cc[nH]c(=O)c1C(=O)O. The lowest BCUT2D eigenvalue weighted by atomic mass is 9.99. The molecule has 0 amide bonds. The average molecular weight is 259 g/mol. The Labute approximate surface area is 109 Å². The van der Waals surface area contributed by atoms with Crippen LogP contribution in [0.3, 0.4) is 0 Å². The number of carboxylic acid groups (broad SMARTS) is 1. The Morgan fingerprint density at radius 2 is 2.00 bits per heavy atom. The molecule has 1 heterocycles. The molecule has 1 aromatic carbocycles. The van der Waals surface area contributed by atoms with Crippen molar-refractivity contribution in [2.24, 2.45) is 0 Å². The average Bonchev–Trinajstić information content (AvgIpc) is 2.37. The Balaban J connectivity index is 2.79. The minimum atomic E-state index is -1.26. The molecule has 0 spiro atoms. The third-order valence-electron chi connectivity index (χ3n) is 2.82. The molecule has 0 bridgehead atoms. The Morgan fingerprint density at radius 3 is 2.63 bits per heavy atom. The number of pyridine rings is 1. The van der Waals surface area contributed by atoms with Gasteiger partial charge in [0.1, 0.15) is 11.3 Å². The number of carbonyl (C=O) groups is 1. The van der Waals surface area contributed by atoms with Gasteiger partial charge in [0.2, 0.25) is 0 Å². The van der Waals surface area contributed by atoms with Crippen LogP contribution in [0.15, 0.2) is 35.3 Å². The zero-order valence-corrected chi connectivity index (χ0v) is 10.6. The lowest BCUT2D eigenvalue weighted by Gasteiger charge is -2.11. The van der Waals surface area contributed by atoms with E-state index < -0.39 is 11.5 Å². The van der Waals surface area contributed by atoms with Gasteiger partial charge in [-0.3, -0.25) is 4.79 Å². The number of aromatic nitrogens is 1. The Hall–Kier alpha value is -2.56. The van der Waals surface area contributed by atoms with E-state index >= 15 is 0 Å². The fraction of sp³-hybridized carbons (Fsp3) is 0.143. The molecule has 2 N–H and O–H groups in total. The van der Waals surface area contributed by atoms with E-state index in [9.17, 15) is 14.7 Å². The second-order valence-corrected chi connectivity index (χ2v) is 4.10. The van der Waals surface area contributed by atoms with Gasteiger partial charge in [0.25, 0.3) is 5.56 Å². The number of ether oxygens (including phenoxy) is 1. The third kappa shape index (κ3) is 2.35. The first kappa shape index (κ1) is 12.9. The van der Waals surface area contributed by atoms with Gasteiger partial charge in [0, 0.05) is 17.3 Å². The van der Waals surface area contributed by atoms with Crippen LogP contribution in [-0.2, 0) is 0 Å². The minimum absolute atomic E-state index is 0.286. The Bertz CT molecular complexity index is 688. The van der Waals surface area contributed by atoms with Crippen molar-refractivity contribution in [2.45, 2.75) is 6.92 Å². The fourth-order valence-electron chi connectivity index (χ4n) is 1.95. The highest BCUT2D eigenvalue weighted by molar-refractivity contribution is 5.96. The topological polar surface area (TPSA) is 79.4 Å². The number of aryl methyl sites for hydroxylation is 1. The van der Waals surface area contributed by atoms with E-state index in [1.165, 1.54) is 13.3 Å². The lowest BCUT2D eigenvalue weighted by Crippen LogP contribution is -2.18. The number of aromatic amines is 1. The van der Waals surface area contributed by atoms with Gasteiger partial charge in [-0.1, -0.05) is 11.6 Å². The summed E-state index contributed by atoms with van der Waals surface area (Å²) in [5.41, 5.74) is 0.968. The van der Waals surface area contributed by atoms with Crippen LogP contribution < -0.4 is 10.3 Å². The molecule has 0 saturated carbocycles. The minimum Gasteiger partial charge on any atom is -0.496 e. The van der Waals surface area contributed by atoms with Crippen molar-refractivity contribution in [2.75, 3.05) is 7.11 Å². The van der Waals surface area contributed by atoms with E-state index in [1.54, 1.807) is 18.2 Å². The number of benzene rings is 1. The van der Waals surface area contributed by atoms with E-state index in [4.69, 9.17) is 4.74 Å². The second kappa shape index (κ2) is 4.97. The highest BCUT2D eigenvalue weighted by Crippen LogP contribution is 2.31. The molecular weight excluding hydrogens is 246 g/mol. The molecule has 2 aromatic rings. The van der Waals surface area contributed by atoms with Crippen LogP contribution in [0.2, 0.25) is 0 Å². The third-order valence-corrected chi connectivity index (χ3v) is 2.82. The zero-order chi connectivity index (χ0) is 14.0. The molecule has 5 nitrogen and oxygen atoms in total. The Morgan fingerprint density at radius 1 is 1.26 bits per heavy atom. The van der Waals surface area contributed by atoms with E-state index in [0.717, 1.165) is 5.56 Å². The van der Waals surface area contributed by atoms with Crippen LogP contribution >= 0.6 is 0 Å². The van der Waals surface area contributed by atoms with Gasteiger partial charge in [0.05, 0.1) is 7.11 Å². The summed E-state index contributed by atoms with van der Waals surface area (Å²) in [5.74, 6) is -0.737. The standard InChI is InChI=1S/C14H13NO4/c1-8-3-4-11(19-2)10(7-8)9-5-6-15-13(16)12(9)14(17)18/h3-7H,1-2H3,(H,15,16)(H,17,18). The molecule has 5 heteroatoms. The molecule has 0 aliphatic rings. The molecular formula is C14H13NO4. The normalized spacial score (nSPS) is 10.2. The molecule has 0 atom stereocenters. The predicted octanol–water partition coefficient (Wildman–Crippen LogP) is 2.06. The maximum atomic E-state index is 11.7. The van der Waals surface area contributed by atoms with Crippen molar-refractivity contribution < 1.29 is 14.6 Å². The summed E-state index contributed by atoms with van der Waals surface area (Å²) in [6, 6.07) is 6.95. The number of hydrogen-bond donors (Lipinski definition) is 2. The summed E-state index contributed by atoms with van der Waals surface area (Å²) in [7, 11) is 1.50. The number of rotatable bonds is 3. The largest absolute Gasteiger partial charge is 0.496 e. The van der Waals surface area contributed by atoms with Crippen LogP contribution in [0.5, 0.6) is 5.75 Å². The Kier molecular flexibility index (Phi) is 3.37. The number of H-pyrrole nitrogens is 1. The molecule has 1 aromatic heterocycles. The van der Waals surface area contributed by atoms with Crippen molar-refractivity contribution in [3.63, 3.8) is 0 Å². The van der Waals surface area contributed by atoms with Crippen molar-refractivity contribution in [1.82, 2.24) is 4.98 Å². The number of nitrogens with one attached hydrogen (secondary N) is 1. The van der Waals surface area contributed by atoms with Gasteiger partial charge < -0.3 is 14.8 Å². The first-order valence-electron chi connectivity index (χ1n) is 5.64. The van der Waals surface area contributed by atoms with Crippen molar-refractivity contribution in [3.8, 4) is 16.9 Å². The van der Waals surface area contributed by atoms with Crippen LogP contribution in [0.25, 0.3) is 11.1 Å². The molecule has 2 rings (SSSR count). The summed E-state index contributed by atoms with van der Waals surface area (Å²) in [6.45, 7) is 1.89. The first-order valence-corrected chi connectivity index (χ1v) is 5.64. The van der Waals surface area contributed by atoms with E-state index in [2.05, 4.69) is 4.98 Å². The molecule has 0 fully saturated rings. The molecule has 19 heavy (non-hydrogen) atoms. The highest BCUT2D eigenvalue weighted by atomic mass is 16.5. The van der Waals surface area contributed by atoms with Crippen LogP contribution in [0.4, 0.5) is 0 Å². The van der Waals surface area contributed by atoms with Crippen LogP contribution in [0, 0.1) is 6.92 Å². The number of aromatic carboxylic acids is 1. The molecule has 0 saturated heterocycles. The van der Waals surface area contributed by atoms with Crippen LogP contribution in [-0.4, -0.2) is 23.2 Å². The molecule has 0 radical (unpaired) electrons. The molecule has 0 aliphatic heterocycles. The zero-order valence-electron chi connectivity index (χ0n) is 10.6. The molecule has 0 unspecified atom stereocenters. The molecule has 0 aliphatic carbocycles. The maximum Gasteiger partial charge on any atom is 0.341 e. The van der Waals surface area contributed by atoms with Gasteiger partial charge in [-0.2, -0.15) is 0 Å². The summed E-state index contributed by atoms with van der Waals surface area (Å²) in [4.78, 5) is 25.3. The van der Waals surface area contributed by atoms with Gasteiger partial charge in [-0.15, -0.1) is 0 Å². The van der Waals surface area contributed by atoms with Gasteiger partial charge in [0.15, 0.2) is 0 Å². The highest BCUT2D eigenvalue weighted by Gasteiger charge is 2.18. The van der Waals surface area contributed by atoms with E-state index in [-0.39, 0.29) is 5.56 Å². The monoisotopic (exact) mass is 259 g/mol. The first-order chi connectivity index (χ1) is 9.04. The summed E-state index contributed by atoms with van der Waals surface area (Å²) >= 11 is 0. The summed E-state index contributed by atoms with van der Waals surface area (Å²) in [5, 5.41) is 9.18. The van der Waals surface area contributed by atoms with Gasteiger partial charge in [-0.05, 0) is 25.1 Å². The number of hydrogen-bond acceptors (Lipinski definition) is 3. The van der Waals surface area contributed by atoms with Crippen molar-refractivity contribution in [3.05, 3.63) is 51.9 Å².